The van der Waals surface area contributed by atoms with Crippen molar-refractivity contribution in [3.8, 4) is 11.3 Å². The van der Waals surface area contributed by atoms with Crippen LogP contribution in [-0.4, -0.2) is 26.4 Å². The van der Waals surface area contributed by atoms with Crippen molar-refractivity contribution >= 4 is 5.65 Å². The predicted molar refractivity (Wildman–Crippen MR) is 65.5 cm³/mol. The van der Waals surface area contributed by atoms with E-state index in [1.165, 1.54) is 0 Å². The van der Waals surface area contributed by atoms with Gasteiger partial charge >= 0.3 is 0 Å². The number of nitrogens with two attached hydrogens (primary N) is 1. The van der Waals surface area contributed by atoms with Crippen molar-refractivity contribution in [2.45, 2.75) is 6.42 Å². The van der Waals surface area contributed by atoms with Gasteiger partial charge in [0.15, 0.2) is 11.5 Å². The van der Waals surface area contributed by atoms with E-state index in [4.69, 9.17) is 5.73 Å². The van der Waals surface area contributed by atoms with Gasteiger partial charge < -0.3 is 5.73 Å². The second kappa shape index (κ2) is 4.03. The first-order valence-corrected chi connectivity index (χ1v) is 5.57. The molecule has 0 unspecified atom stereocenters. The minimum Gasteiger partial charge on any atom is -0.330 e. The van der Waals surface area contributed by atoms with Gasteiger partial charge in [-0.3, -0.25) is 5.10 Å². The van der Waals surface area contributed by atoms with Crippen molar-refractivity contribution < 1.29 is 0 Å². The molecule has 0 fully saturated rings. The van der Waals surface area contributed by atoms with Gasteiger partial charge in [-0.05, 0) is 12.1 Å². The molecule has 3 N–H and O–H groups in total. The van der Waals surface area contributed by atoms with Crippen molar-refractivity contribution in [2.75, 3.05) is 6.54 Å². The third-order valence-electron chi connectivity index (χ3n) is 2.63. The monoisotopic (exact) mass is 227 g/mol. The summed E-state index contributed by atoms with van der Waals surface area (Å²) in [5.41, 5.74) is 8.44. The summed E-state index contributed by atoms with van der Waals surface area (Å²) in [7, 11) is 0. The Balaban J connectivity index is 2.01. The summed E-state index contributed by atoms with van der Waals surface area (Å²) in [6.07, 6.45) is 0.705. The fraction of sp³-hybridized carbons (Fsp3) is 0.167. The van der Waals surface area contributed by atoms with Crippen molar-refractivity contribution in [1.82, 2.24) is 19.8 Å². The minimum absolute atomic E-state index is 0.568. The number of nitrogens with zero attached hydrogens (tertiary/aromatic N) is 3. The standard InChI is InChI=1S/C12H13N5/c13-7-6-11-14-12-8-10(15-17(12)16-11)9-4-2-1-3-5-9/h1-5,8,15H,6-7,13H2. The van der Waals surface area contributed by atoms with E-state index in [0.29, 0.717) is 13.0 Å². The Bertz CT molecular complexity index is 591. The van der Waals surface area contributed by atoms with Gasteiger partial charge in [0.25, 0.3) is 0 Å². The van der Waals surface area contributed by atoms with Gasteiger partial charge in [-0.15, -0.1) is 5.10 Å². The Morgan fingerprint density at radius 3 is 2.76 bits per heavy atom. The summed E-state index contributed by atoms with van der Waals surface area (Å²) in [6, 6.07) is 12.1. The maximum absolute atomic E-state index is 5.47. The highest BCUT2D eigenvalue weighted by Crippen LogP contribution is 2.18. The lowest BCUT2D eigenvalue weighted by atomic mass is 10.2. The maximum Gasteiger partial charge on any atom is 0.176 e. The average Bonchev–Trinajstić information content (AvgIpc) is 2.88. The van der Waals surface area contributed by atoms with Crippen molar-refractivity contribution in [2.24, 2.45) is 5.73 Å². The van der Waals surface area contributed by atoms with Crippen LogP contribution in [0.1, 0.15) is 5.82 Å². The van der Waals surface area contributed by atoms with Crippen LogP contribution in [0.15, 0.2) is 36.4 Å². The zero-order chi connectivity index (χ0) is 11.7. The van der Waals surface area contributed by atoms with Crippen molar-refractivity contribution in [1.29, 1.82) is 0 Å². The fourth-order valence-electron chi connectivity index (χ4n) is 1.82. The molecule has 0 atom stereocenters. The van der Waals surface area contributed by atoms with Gasteiger partial charge in [0.2, 0.25) is 0 Å². The number of nitrogens with one attached hydrogen (secondary N) is 1. The van der Waals surface area contributed by atoms with E-state index in [9.17, 15) is 0 Å². The summed E-state index contributed by atoms with van der Waals surface area (Å²) in [5.74, 6) is 0.776. The topological polar surface area (TPSA) is 72.0 Å². The number of rotatable bonds is 3. The Morgan fingerprint density at radius 2 is 2.06 bits per heavy atom. The van der Waals surface area contributed by atoms with Crippen LogP contribution in [0.2, 0.25) is 0 Å². The summed E-state index contributed by atoms with van der Waals surface area (Å²) in [6.45, 7) is 0.568. The normalized spacial score (nSPS) is 11.1. The molecule has 3 rings (SSSR count). The molecule has 3 aromatic rings. The molecule has 0 radical (unpaired) electrons. The largest absolute Gasteiger partial charge is 0.330 e. The Kier molecular flexibility index (Phi) is 2.38. The summed E-state index contributed by atoms with van der Waals surface area (Å²) >= 11 is 0. The molecular weight excluding hydrogens is 214 g/mol. The van der Waals surface area contributed by atoms with E-state index in [0.717, 1.165) is 22.7 Å². The smallest absolute Gasteiger partial charge is 0.176 e. The van der Waals surface area contributed by atoms with Gasteiger partial charge in [-0.25, -0.2) is 4.98 Å². The molecule has 5 nitrogen and oxygen atoms in total. The minimum atomic E-state index is 0.568. The zero-order valence-electron chi connectivity index (χ0n) is 9.30. The zero-order valence-corrected chi connectivity index (χ0v) is 9.30. The van der Waals surface area contributed by atoms with E-state index >= 15 is 0 Å². The summed E-state index contributed by atoms with van der Waals surface area (Å²) in [5, 5.41) is 7.51. The van der Waals surface area contributed by atoms with Crippen LogP contribution >= 0.6 is 0 Å². The highest BCUT2D eigenvalue weighted by Gasteiger charge is 2.07. The van der Waals surface area contributed by atoms with Crippen LogP contribution in [0.4, 0.5) is 0 Å². The molecule has 2 heterocycles. The first kappa shape index (κ1) is 10.0. The molecule has 0 aliphatic carbocycles. The number of H-pyrrole nitrogens is 1. The highest BCUT2D eigenvalue weighted by atomic mass is 15.5. The number of aromatic amines is 1. The third kappa shape index (κ3) is 1.81. The summed E-state index contributed by atoms with van der Waals surface area (Å²) in [4.78, 5) is 4.39. The Hall–Kier alpha value is -2.14. The number of fused-ring (bicyclic) bond motifs is 1. The maximum atomic E-state index is 5.47. The first-order valence-electron chi connectivity index (χ1n) is 5.57. The highest BCUT2D eigenvalue weighted by molar-refractivity contribution is 5.63. The number of hydrogen-bond acceptors (Lipinski definition) is 3. The lowest BCUT2D eigenvalue weighted by Crippen LogP contribution is -2.04. The van der Waals surface area contributed by atoms with Crippen LogP contribution in [0.25, 0.3) is 16.9 Å². The van der Waals surface area contributed by atoms with Crippen LogP contribution in [0, 0.1) is 0 Å². The van der Waals surface area contributed by atoms with Crippen LogP contribution in [0.5, 0.6) is 0 Å². The van der Waals surface area contributed by atoms with Gasteiger partial charge in [0, 0.05) is 12.5 Å². The fourth-order valence-corrected chi connectivity index (χ4v) is 1.82. The molecule has 1 aromatic carbocycles. The average molecular weight is 227 g/mol. The van der Waals surface area contributed by atoms with Crippen molar-refractivity contribution in [3.05, 3.63) is 42.2 Å². The molecule has 86 valence electrons. The van der Waals surface area contributed by atoms with Crippen LogP contribution in [-0.2, 0) is 6.42 Å². The molecule has 0 spiro atoms. The van der Waals surface area contributed by atoms with E-state index < -0.39 is 0 Å². The van der Waals surface area contributed by atoms with Crippen molar-refractivity contribution in [3.63, 3.8) is 0 Å². The second-order valence-corrected chi connectivity index (χ2v) is 3.87. The third-order valence-corrected chi connectivity index (χ3v) is 2.63. The molecular formula is C12H13N5. The molecule has 17 heavy (non-hydrogen) atoms. The SMILES string of the molecule is NCCc1nc2cc(-c3ccccc3)[nH]n2n1. The lowest BCUT2D eigenvalue weighted by Gasteiger charge is -1.95. The first-order chi connectivity index (χ1) is 8.36. The lowest BCUT2D eigenvalue weighted by molar-refractivity contribution is 0.778. The van der Waals surface area contributed by atoms with Gasteiger partial charge in [0.05, 0.1) is 5.69 Å². The van der Waals surface area contributed by atoms with E-state index in [1.54, 1.807) is 4.63 Å². The number of aromatic nitrogens is 4. The Labute approximate surface area is 98.3 Å². The van der Waals surface area contributed by atoms with Gasteiger partial charge in [-0.2, -0.15) is 4.63 Å². The van der Waals surface area contributed by atoms with E-state index in [-0.39, 0.29) is 0 Å². The molecule has 0 aliphatic rings. The molecule has 2 aromatic heterocycles. The molecule has 0 aliphatic heterocycles. The van der Waals surface area contributed by atoms with Crippen LogP contribution in [0.3, 0.4) is 0 Å². The molecule has 0 bridgehead atoms. The van der Waals surface area contributed by atoms with E-state index in [1.807, 2.05) is 36.4 Å². The predicted octanol–water partition coefficient (Wildman–Crippen LogP) is 1.23. The number of hydrogen-bond donors (Lipinski definition) is 2. The second-order valence-electron chi connectivity index (χ2n) is 3.87. The van der Waals surface area contributed by atoms with Crippen LogP contribution < -0.4 is 5.73 Å². The molecule has 0 saturated heterocycles. The quantitative estimate of drug-likeness (QED) is 0.706. The molecule has 0 amide bonds. The summed E-state index contributed by atoms with van der Waals surface area (Å²) < 4.78 is 1.69. The van der Waals surface area contributed by atoms with Gasteiger partial charge in [0.1, 0.15) is 0 Å². The van der Waals surface area contributed by atoms with E-state index in [2.05, 4.69) is 15.2 Å². The molecule has 5 heteroatoms. The molecule has 0 saturated carbocycles. The Morgan fingerprint density at radius 1 is 1.24 bits per heavy atom. The number of benzene rings is 1. The van der Waals surface area contributed by atoms with Gasteiger partial charge in [-0.1, -0.05) is 30.3 Å².